The summed E-state index contributed by atoms with van der Waals surface area (Å²) in [6, 6.07) is 1.67. The Morgan fingerprint density at radius 3 is 2.96 bits per heavy atom. The van der Waals surface area contributed by atoms with Crippen LogP contribution in [0.1, 0.15) is 26.5 Å². The minimum Gasteiger partial charge on any atom is -0.478 e. The molecule has 0 radical (unpaired) electrons. The van der Waals surface area contributed by atoms with E-state index in [1.807, 2.05) is 0 Å². The highest BCUT2D eigenvalue weighted by Crippen LogP contribution is 2.36. The van der Waals surface area contributed by atoms with E-state index in [4.69, 9.17) is 0 Å². The summed E-state index contributed by atoms with van der Waals surface area (Å²) in [6.45, 7) is 1.25. The standard InChI is InChI=1S/C13H16N4O4S2/c1-17(7-8-2-5-15-16-8)23(20,21)13-11(12(18)19)9-3-4-14-6-10(9)22-13/h2,5,14H,3-4,6-7H2,1H3,(H,15,16)(H,18,19). The largest absolute Gasteiger partial charge is 0.478 e. The molecule has 8 nitrogen and oxygen atoms in total. The minimum absolute atomic E-state index is 0.0806. The summed E-state index contributed by atoms with van der Waals surface area (Å²) in [4.78, 5) is 12.4. The molecule has 2 aromatic heterocycles. The zero-order valence-electron chi connectivity index (χ0n) is 12.4. The number of carboxylic acid groups (broad SMARTS) is 1. The van der Waals surface area contributed by atoms with E-state index in [1.54, 1.807) is 6.07 Å². The number of aromatic carboxylic acids is 1. The Morgan fingerprint density at radius 1 is 1.52 bits per heavy atom. The van der Waals surface area contributed by atoms with Gasteiger partial charge in [0.25, 0.3) is 10.0 Å². The van der Waals surface area contributed by atoms with Crippen molar-refractivity contribution in [2.45, 2.75) is 23.7 Å². The van der Waals surface area contributed by atoms with Crippen LogP contribution in [0.15, 0.2) is 16.5 Å². The van der Waals surface area contributed by atoms with Gasteiger partial charge in [-0.05, 0) is 24.6 Å². The van der Waals surface area contributed by atoms with Gasteiger partial charge in [-0.1, -0.05) is 0 Å². The molecule has 2 aromatic rings. The molecule has 0 unspecified atom stereocenters. The lowest BCUT2D eigenvalue weighted by molar-refractivity contribution is 0.0692. The first-order chi connectivity index (χ1) is 10.9. The van der Waals surface area contributed by atoms with Crippen LogP contribution in [0.3, 0.4) is 0 Å². The molecule has 0 atom stereocenters. The summed E-state index contributed by atoms with van der Waals surface area (Å²) in [5.41, 5.74) is 1.19. The Balaban J connectivity index is 2.02. The van der Waals surface area contributed by atoms with Crippen molar-refractivity contribution in [1.82, 2.24) is 19.8 Å². The number of rotatable bonds is 5. The average molecular weight is 356 g/mol. The third kappa shape index (κ3) is 2.90. The quantitative estimate of drug-likeness (QED) is 0.724. The van der Waals surface area contributed by atoms with Crippen molar-refractivity contribution in [3.8, 4) is 0 Å². The van der Waals surface area contributed by atoms with E-state index in [0.29, 0.717) is 30.8 Å². The first-order valence-electron chi connectivity index (χ1n) is 6.94. The molecule has 1 aliphatic rings. The van der Waals surface area contributed by atoms with Crippen molar-refractivity contribution in [3.05, 3.63) is 34.0 Å². The summed E-state index contributed by atoms with van der Waals surface area (Å²) in [7, 11) is -2.46. The lowest BCUT2D eigenvalue weighted by atomic mass is 10.1. The van der Waals surface area contributed by atoms with Crippen molar-refractivity contribution >= 4 is 27.3 Å². The zero-order valence-corrected chi connectivity index (χ0v) is 14.0. The van der Waals surface area contributed by atoms with E-state index in [-0.39, 0.29) is 16.3 Å². The molecule has 0 saturated heterocycles. The molecule has 3 heterocycles. The molecule has 0 aliphatic carbocycles. The highest BCUT2D eigenvalue weighted by molar-refractivity contribution is 7.91. The van der Waals surface area contributed by atoms with Crippen LogP contribution in [0.5, 0.6) is 0 Å². The topological polar surface area (TPSA) is 115 Å². The normalized spacial score (nSPS) is 14.9. The smallest absolute Gasteiger partial charge is 0.338 e. The van der Waals surface area contributed by atoms with Gasteiger partial charge >= 0.3 is 5.97 Å². The third-order valence-corrected chi connectivity index (χ3v) is 7.24. The van der Waals surface area contributed by atoms with Crippen LogP contribution in [-0.4, -0.2) is 47.6 Å². The molecule has 1 aliphatic heterocycles. The predicted molar refractivity (Wildman–Crippen MR) is 83.9 cm³/mol. The SMILES string of the molecule is CN(Cc1ccn[nH]1)S(=O)(=O)c1sc2c(c1C(=O)O)CCNC2. The van der Waals surface area contributed by atoms with Gasteiger partial charge in [0.2, 0.25) is 0 Å². The Morgan fingerprint density at radius 2 is 2.30 bits per heavy atom. The number of aromatic amines is 1. The number of H-pyrrole nitrogens is 1. The van der Waals surface area contributed by atoms with Crippen LogP contribution in [0, 0.1) is 0 Å². The third-order valence-electron chi connectivity index (χ3n) is 3.71. The van der Waals surface area contributed by atoms with Gasteiger partial charge in [0.1, 0.15) is 4.21 Å². The number of nitrogens with one attached hydrogen (secondary N) is 2. The van der Waals surface area contributed by atoms with Crippen LogP contribution in [0.2, 0.25) is 0 Å². The molecule has 124 valence electrons. The van der Waals surface area contributed by atoms with Gasteiger partial charge in [-0.25, -0.2) is 13.2 Å². The van der Waals surface area contributed by atoms with E-state index >= 15 is 0 Å². The monoisotopic (exact) mass is 356 g/mol. The van der Waals surface area contributed by atoms with Gasteiger partial charge < -0.3 is 10.4 Å². The van der Waals surface area contributed by atoms with Crippen molar-refractivity contribution in [2.75, 3.05) is 13.6 Å². The number of nitrogens with zero attached hydrogens (tertiary/aromatic N) is 2. The number of sulfonamides is 1. The van der Waals surface area contributed by atoms with Gasteiger partial charge in [0, 0.05) is 24.7 Å². The predicted octanol–water partition coefficient (Wildman–Crippen LogP) is 0.636. The Labute approximate surface area is 137 Å². The second-order valence-corrected chi connectivity index (χ2v) is 8.59. The highest BCUT2D eigenvalue weighted by Gasteiger charge is 2.34. The van der Waals surface area contributed by atoms with Crippen molar-refractivity contribution in [3.63, 3.8) is 0 Å². The second kappa shape index (κ2) is 6.04. The van der Waals surface area contributed by atoms with Gasteiger partial charge in [-0.15, -0.1) is 11.3 Å². The minimum atomic E-state index is -3.89. The average Bonchev–Trinajstić information content (AvgIpc) is 3.13. The molecule has 0 amide bonds. The molecule has 0 bridgehead atoms. The van der Waals surface area contributed by atoms with Crippen LogP contribution in [-0.2, 0) is 29.5 Å². The van der Waals surface area contributed by atoms with E-state index < -0.39 is 16.0 Å². The van der Waals surface area contributed by atoms with Crippen LogP contribution in [0.25, 0.3) is 0 Å². The molecule has 0 saturated carbocycles. The van der Waals surface area contributed by atoms with Crippen LogP contribution < -0.4 is 5.32 Å². The van der Waals surface area contributed by atoms with Crippen molar-refractivity contribution in [1.29, 1.82) is 0 Å². The molecule has 23 heavy (non-hydrogen) atoms. The lowest BCUT2D eigenvalue weighted by Crippen LogP contribution is -2.27. The Bertz CT molecular complexity index is 827. The summed E-state index contributed by atoms with van der Waals surface area (Å²) in [6.07, 6.45) is 2.06. The molecular weight excluding hydrogens is 340 g/mol. The molecule has 3 rings (SSSR count). The number of carboxylic acids is 1. The summed E-state index contributed by atoms with van der Waals surface area (Å²) < 4.78 is 26.7. The number of carbonyl (C=O) groups is 1. The molecule has 3 N–H and O–H groups in total. The van der Waals surface area contributed by atoms with E-state index in [1.165, 1.54) is 13.2 Å². The number of fused-ring (bicyclic) bond motifs is 1. The van der Waals surface area contributed by atoms with E-state index in [2.05, 4.69) is 15.5 Å². The molecule has 0 aromatic carbocycles. The first-order valence-corrected chi connectivity index (χ1v) is 9.20. The lowest BCUT2D eigenvalue weighted by Gasteiger charge is -2.16. The maximum absolute atomic E-state index is 12.8. The van der Waals surface area contributed by atoms with Gasteiger partial charge in [0.15, 0.2) is 0 Å². The maximum Gasteiger partial charge on any atom is 0.338 e. The summed E-state index contributed by atoms with van der Waals surface area (Å²) in [5.74, 6) is -1.20. The van der Waals surface area contributed by atoms with Crippen LogP contribution in [0.4, 0.5) is 0 Å². The number of thiophene rings is 1. The fraction of sp³-hybridized carbons (Fsp3) is 0.385. The Hall–Kier alpha value is -1.75. The van der Waals surface area contributed by atoms with E-state index in [9.17, 15) is 18.3 Å². The molecular formula is C13H16N4O4S2. The Kier molecular flexibility index (Phi) is 4.23. The number of aromatic nitrogens is 2. The molecule has 0 spiro atoms. The summed E-state index contributed by atoms with van der Waals surface area (Å²) >= 11 is 1.04. The maximum atomic E-state index is 12.8. The van der Waals surface area contributed by atoms with Crippen molar-refractivity contribution in [2.24, 2.45) is 0 Å². The van der Waals surface area contributed by atoms with Gasteiger partial charge in [-0.2, -0.15) is 9.40 Å². The second-order valence-electron chi connectivity index (χ2n) is 5.24. The zero-order chi connectivity index (χ0) is 16.6. The molecule has 0 fully saturated rings. The van der Waals surface area contributed by atoms with Gasteiger partial charge in [0.05, 0.1) is 17.8 Å². The fourth-order valence-corrected chi connectivity index (χ4v) is 5.75. The first kappa shape index (κ1) is 16.1. The van der Waals surface area contributed by atoms with Crippen molar-refractivity contribution < 1.29 is 18.3 Å². The highest BCUT2D eigenvalue weighted by atomic mass is 32.2. The fourth-order valence-electron chi connectivity index (χ4n) is 2.55. The van der Waals surface area contributed by atoms with E-state index in [0.717, 1.165) is 20.5 Å². The van der Waals surface area contributed by atoms with Gasteiger partial charge in [-0.3, -0.25) is 5.10 Å². The number of hydrogen-bond donors (Lipinski definition) is 3. The molecule has 10 heteroatoms. The number of hydrogen-bond acceptors (Lipinski definition) is 6. The summed E-state index contributed by atoms with van der Waals surface area (Å²) in [5, 5.41) is 19.1. The van der Waals surface area contributed by atoms with Crippen LogP contribution >= 0.6 is 11.3 Å².